The van der Waals surface area contributed by atoms with Crippen LogP contribution in [-0.2, 0) is 4.74 Å². The molecule has 0 aliphatic carbocycles. The third kappa shape index (κ3) is 13.9. The largest absolute Gasteiger partial charge is 0.380 e. The van der Waals surface area contributed by atoms with Crippen molar-refractivity contribution in [3.63, 3.8) is 0 Å². The van der Waals surface area contributed by atoms with Crippen molar-refractivity contribution in [1.82, 2.24) is 9.80 Å². The predicted molar refractivity (Wildman–Crippen MR) is 68.5 cm³/mol. The molecule has 0 aliphatic rings. The molecule has 0 radical (unpaired) electrons. The van der Waals surface area contributed by atoms with E-state index in [4.69, 9.17) is 4.74 Å². The second kappa shape index (κ2) is 13.9. The molecule has 0 spiro atoms. The van der Waals surface area contributed by atoms with Crippen LogP contribution in [0.4, 0.5) is 0 Å². The van der Waals surface area contributed by atoms with Gasteiger partial charge in [-0.2, -0.15) is 0 Å². The van der Waals surface area contributed by atoms with Crippen molar-refractivity contribution in [1.29, 1.82) is 0 Å². The molecule has 0 amide bonds. The Bertz CT molecular complexity index is 110. The molecule has 0 heterocycles. The monoisotopic (exact) mass is 218 g/mol. The summed E-state index contributed by atoms with van der Waals surface area (Å²) in [5.41, 5.74) is 0. The molecule has 0 N–H and O–H groups in total. The molecule has 0 aromatic carbocycles. The lowest BCUT2D eigenvalue weighted by atomic mass is 10.4. The lowest BCUT2D eigenvalue weighted by Crippen LogP contribution is -2.32. The molecule has 94 valence electrons. The Balaban J connectivity index is 0. The Labute approximate surface area is 96.4 Å². The van der Waals surface area contributed by atoms with Crippen LogP contribution in [0.2, 0.25) is 0 Å². The van der Waals surface area contributed by atoms with Gasteiger partial charge in [-0.3, -0.25) is 0 Å². The van der Waals surface area contributed by atoms with E-state index in [1.807, 2.05) is 20.8 Å². The van der Waals surface area contributed by atoms with Gasteiger partial charge in [0.15, 0.2) is 0 Å². The van der Waals surface area contributed by atoms with Gasteiger partial charge in [0.25, 0.3) is 0 Å². The number of rotatable bonds is 8. The molecule has 0 bridgehead atoms. The molecular formula is C12H30N2O. The minimum absolute atomic E-state index is 0.822. The summed E-state index contributed by atoms with van der Waals surface area (Å²) in [6.45, 7) is 14.3. The first-order valence-electron chi connectivity index (χ1n) is 6.15. The predicted octanol–water partition coefficient (Wildman–Crippen LogP) is 1.93. The van der Waals surface area contributed by atoms with Gasteiger partial charge in [0.2, 0.25) is 0 Å². The summed E-state index contributed by atoms with van der Waals surface area (Å²) < 4.78 is 5.28. The van der Waals surface area contributed by atoms with E-state index < -0.39 is 0 Å². The average Bonchev–Trinajstić information content (AvgIpc) is 2.29. The fraction of sp³-hybridized carbons (Fsp3) is 1.00. The number of likely N-dealkylation sites (N-methyl/N-ethyl adjacent to an activating group) is 2. The van der Waals surface area contributed by atoms with Crippen LogP contribution in [-0.4, -0.2) is 63.3 Å². The highest BCUT2D eigenvalue weighted by atomic mass is 16.5. The van der Waals surface area contributed by atoms with Gasteiger partial charge < -0.3 is 14.5 Å². The number of nitrogens with zero attached hydrogens (tertiary/aromatic N) is 2. The molecule has 3 heteroatoms. The Morgan fingerprint density at radius 1 is 0.867 bits per heavy atom. The minimum Gasteiger partial charge on any atom is -0.380 e. The number of ether oxygens (including phenoxy) is 1. The third-order valence-corrected chi connectivity index (χ3v) is 2.22. The fourth-order valence-electron chi connectivity index (χ4n) is 0.976. The molecule has 0 unspecified atom stereocenters. The Morgan fingerprint density at radius 2 is 1.40 bits per heavy atom. The fourth-order valence-corrected chi connectivity index (χ4v) is 0.976. The normalized spacial score (nSPS) is 10.4. The standard InChI is InChI=1S/C10H24N2O.C2H6/c1-5-11(3)7-8-12(4)9-10-13-6-2;1-2/h5-10H2,1-4H3;1-2H3. The van der Waals surface area contributed by atoms with Crippen molar-refractivity contribution in [2.24, 2.45) is 0 Å². The van der Waals surface area contributed by atoms with Crippen molar-refractivity contribution >= 4 is 0 Å². The van der Waals surface area contributed by atoms with Crippen LogP contribution in [0.15, 0.2) is 0 Å². The van der Waals surface area contributed by atoms with E-state index in [-0.39, 0.29) is 0 Å². The van der Waals surface area contributed by atoms with E-state index in [2.05, 4.69) is 30.8 Å². The van der Waals surface area contributed by atoms with Gasteiger partial charge >= 0.3 is 0 Å². The zero-order valence-electron chi connectivity index (χ0n) is 11.5. The van der Waals surface area contributed by atoms with Crippen LogP contribution >= 0.6 is 0 Å². The van der Waals surface area contributed by atoms with Crippen LogP contribution in [0, 0.1) is 0 Å². The van der Waals surface area contributed by atoms with E-state index >= 15 is 0 Å². The van der Waals surface area contributed by atoms with Gasteiger partial charge in [0.05, 0.1) is 6.61 Å². The lowest BCUT2D eigenvalue weighted by Gasteiger charge is -2.20. The maximum atomic E-state index is 5.28. The van der Waals surface area contributed by atoms with E-state index in [0.29, 0.717) is 0 Å². The number of hydrogen-bond acceptors (Lipinski definition) is 3. The SMILES string of the molecule is CC.CCOCCN(C)CCN(C)CC. The molecule has 0 fully saturated rings. The summed E-state index contributed by atoms with van der Waals surface area (Å²) >= 11 is 0. The molecule has 0 aromatic rings. The van der Waals surface area contributed by atoms with Crippen LogP contribution in [0.1, 0.15) is 27.7 Å². The highest BCUT2D eigenvalue weighted by Crippen LogP contribution is 1.86. The van der Waals surface area contributed by atoms with Crippen LogP contribution in [0.3, 0.4) is 0 Å². The molecule has 0 saturated carbocycles. The average molecular weight is 218 g/mol. The zero-order chi connectivity index (χ0) is 12.1. The first kappa shape index (κ1) is 17.3. The van der Waals surface area contributed by atoms with Gasteiger partial charge in [-0.15, -0.1) is 0 Å². The van der Waals surface area contributed by atoms with Gasteiger partial charge in [0, 0.05) is 26.2 Å². The lowest BCUT2D eigenvalue weighted by molar-refractivity contribution is 0.119. The molecule has 0 aliphatic heterocycles. The van der Waals surface area contributed by atoms with Crippen molar-refractivity contribution in [3.8, 4) is 0 Å². The number of hydrogen-bond donors (Lipinski definition) is 0. The van der Waals surface area contributed by atoms with E-state index in [9.17, 15) is 0 Å². The summed E-state index contributed by atoms with van der Waals surface area (Å²) in [6, 6.07) is 0. The highest BCUT2D eigenvalue weighted by Gasteiger charge is 1.99. The van der Waals surface area contributed by atoms with E-state index in [1.165, 1.54) is 0 Å². The molecular weight excluding hydrogens is 188 g/mol. The van der Waals surface area contributed by atoms with E-state index in [1.54, 1.807) is 0 Å². The molecule has 0 atom stereocenters. The van der Waals surface area contributed by atoms with Crippen molar-refractivity contribution in [3.05, 3.63) is 0 Å². The third-order valence-electron chi connectivity index (χ3n) is 2.22. The smallest absolute Gasteiger partial charge is 0.0593 e. The molecule has 3 nitrogen and oxygen atoms in total. The summed E-state index contributed by atoms with van der Waals surface area (Å²) in [7, 11) is 4.29. The summed E-state index contributed by atoms with van der Waals surface area (Å²) in [4.78, 5) is 4.62. The highest BCUT2D eigenvalue weighted by molar-refractivity contribution is 4.54. The van der Waals surface area contributed by atoms with Gasteiger partial charge in [-0.25, -0.2) is 0 Å². The first-order chi connectivity index (χ1) is 7.20. The molecule has 0 saturated heterocycles. The van der Waals surface area contributed by atoms with Crippen LogP contribution < -0.4 is 0 Å². The maximum absolute atomic E-state index is 5.28. The van der Waals surface area contributed by atoms with Crippen molar-refractivity contribution < 1.29 is 4.74 Å². The van der Waals surface area contributed by atoms with Gasteiger partial charge in [-0.05, 0) is 27.6 Å². The maximum Gasteiger partial charge on any atom is 0.0593 e. The van der Waals surface area contributed by atoms with Crippen molar-refractivity contribution in [2.75, 3.05) is 53.5 Å². The van der Waals surface area contributed by atoms with Crippen LogP contribution in [0.5, 0.6) is 0 Å². The minimum atomic E-state index is 0.822. The second-order valence-electron chi connectivity index (χ2n) is 3.40. The van der Waals surface area contributed by atoms with Crippen molar-refractivity contribution in [2.45, 2.75) is 27.7 Å². The summed E-state index contributed by atoms with van der Waals surface area (Å²) in [5.74, 6) is 0. The second-order valence-corrected chi connectivity index (χ2v) is 3.40. The molecule has 15 heavy (non-hydrogen) atoms. The van der Waals surface area contributed by atoms with E-state index in [0.717, 1.165) is 39.4 Å². The molecule has 0 rings (SSSR count). The molecule has 0 aromatic heterocycles. The first-order valence-corrected chi connectivity index (χ1v) is 6.15. The Kier molecular flexibility index (Phi) is 16.0. The Hall–Kier alpha value is -0.120. The summed E-state index contributed by atoms with van der Waals surface area (Å²) in [6.07, 6.45) is 0. The van der Waals surface area contributed by atoms with Gasteiger partial charge in [-0.1, -0.05) is 20.8 Å². The topological polar surface area (TPSA) is 15.7 Å². The van der Waals surface area contributed by atoms with Crippen LogP contribution in [0.25, 0.3) is 0 Å². The Morgan fingerprint density at radius 3 is 1.87 bits per heavy atom. The summed E-state index contributed by atoms with van der Waals surface area (Å²) in [5, 5.41) is 0. The quantitative estimate of drug-likeness (QED) is 0.579. The van der Waals surface area contributed by atoms with Gasteiger partial charge in [0.1, 0.15) is 0 Å². The zero-order valence-corrected chi connectivity index (χ0v) is 11.5.